The molecule has 59 heavy (non-hydrogen) atoms. The van der Waals surface area contributed by atoms with Crippen LogP contribution in [0.5, 0.6) is 28.7 Å². The van der Waals surface area contributed by atoms with E-state index in [4.69, 9.17) is 18.9 Å². The summed E-state index contributed by atoms with van der Waals surface area (Å²) < 4.78 is 41.7. The molecule has 1 aliphatic rings. The molecule has 3 aromatic carbocycles. The van der Waals surface area contributed by atoms with Gasteiger partial charge in [0.15, 0.2) is 29.0 Å². The third-order valence-corrected chi connectivity index (χ3v) is 10.5. The van der Waals surface area contributed by atoms with Crippen molar-refractivity contribution in [2.24, 2.45) is 5.92 Å². The second-order valence-electron chi connectivity index (χ2n) is 13.2. The number of aliphatic hydroxyl groups is 1. The van der Waals surface area contributed by atoms with Gasteiger partial charge < -0.3 is 44.1 Å². The van der Waals surface area contributed by atoms with Crippen LogP contribution in [0.1, 0.15) is 82.5 Å². The van der Waals surface area contributed by atoms with Gasteiger partial charge in [0.1, 0.15) is 50.7 Å². The molecule has 1 atom stereocenters. The van der Waals surface area contributed by atoms with Gasteiger partial charge in [-0.05, 0) is 112 Å². The van der Waals surface area contributed by atoms with Gasteiger partial charge in [-0.1, -0.05) is 0 Å². The summed E-state index contributed by atoms with van der Waals surface area (Å²) in [5.41, 5.74) is -0.205. The molecule has 0 heterocycles. The Morgan fingerprint density at radius 3 is 1.66 bits per heavy atom. The number of halogens is 2. The zero-order valence-electron chi connectivity index (χ0n) is 33.9. The summed E-state index contributed by atoms with van der Waals surface area (Å²) in [6.45, 7) is 13.1. The van der Waals surface area contributed by atoms with Crippen molar-refractivity contribution in [1.29, 1.82) is 0 Å². The molecule has 3 aromatic rings. The number of hydrogen-bond acceptors (Lipinski definition) is 14. The van der Waals surface area contributed by atoms with Crippen molar-refractivity contribution in [3.05, 3.63) is 107 Å². The summed E-state index contributed by atoms with van der Waals surface area (Å²) in [5, 5.41) is 41.5. The fourth-order valence-electron chi connectivity index (χ4n) is 5.99. The molecule has 314 valence electrons. The Balaban J connectivity index is 0.00000122. The number of phenolic OH excluding ortho intramolecular Hbond substituents is 2. The summed E-state index contributed by atoms with van der Waals surface area (Å²) >= 11 is 3.10. The van der Waals surface area contributed by atoms with E-state index in [0.29, 0.717) is 34.3 Å². The molecule has 0 spiro atoms. The van der Waals surface area contributed by atoms with E-state index in [0.717, 1.165) is 19.1 Å². The molecule has 0 saturated heterocycles. The van der Waals surface area contributed by atoms with Crippen molar-refractivity contribution in [2.75, 3.05) is 14.2 Å². The molecule has 0 fully saturated rings. The van der Waals surface area contributed by atoms with Gasteiger partial charge >= 0.3 is 23.9 Å². The lowest BCUT2D eigenvalue weighted by Gasteiger charge is -2.22. The van der Waals surface area contributed by atoms with Crippen LogP contribution in [-0.4, -0.2) is 70.6 Å². The fourth-order valence-corrected chi connectivity index (χ4v) is 6.57. The largest absolute Gasteiger partial charge is 0.508 e. The van der Waals surface area contributed by atoms with Crippen LogP contribution >= 0.6 is 15.9 Å². The number of carbonyl (C=O) groups excluding carboxylic acids is 5. The van der Waals surface area contributed by atoms with E-state index in [2.05, 4.69) is 20.7 Å². The number of carboxylic acids is 1. The van der Waals surface area contributed by atoms with E-state index < -0.39 is 81.1 Å². The van der Waals surface area contributed by atoms with Gasteiger partial charge in [0.2, 0.25) is 0 Å². The van der Waals surface area contributed by atoms with E-state index in [1.165, 1.54) is 41.1 Å². The summed E-state index contributed by atoms with van der Waals surface area (Å²) in [4.78, 5) is 73.9. The Hall–Kier alpha value is -6.49. The molecule has 17 heteroatoms. The van der Waals surface area contributed by atoms with E-state index in [-0.39, 0.29) is 44.0 Å². The van der Waals surface area contributed by atoms with E-state index >= 15 is 4.39 Å². The van der Waals surface area contributed by atoms with Crippen molar-refractivity contribution >= 4 is 51.9 Å². The van der Waals surface area contributed by atoms with Gasteiger partial charge in [-0.25, -0.2) is 18.8 Å². The van der Waals surface area contributed by atoms with Crippen LogP contribution in [0.15, 0.2) is 40.0 Å². The van der Waals surface area contributed by atoms with Crippen LogP contribution in [0.2, 0.25) is 0 Å². The number of aliphatic hydroxyl groups excluding tert-OH is 1. The minimum absolute atomic E-state index is 0.0352. The molecule has 0 radical (unpaired) electrons. The lowest BCUT2D eigenvalue weighted by molar-refractivity contribution is -0.142. The highest BCUT2D eigenvalue weighted by molar-refractivity contribution is 9.10. The van der Waals surface area contributed by atoms with Gasteiger partial charge in [0, 0.05) is 29.4 Å². The standard InChI is InChI=1S/C37H34BrFO13.C5H8O2/c1-12-15(4)31(16(5)13(2)23(12)34(44)45)50-36(47)25-18(7)28(39)33(19(8)29(25)42)52-35(46)24-14(3)17(6)32(27(38)30(24)43)51-37(48)26-21(41)10-20(40)11-22(26)49-9;1-5(7-2)3-4-6/h10-11,26,40,42-43H,1-9H3,(H,44,45);3-4H,1-2H3/b;5-3+. The van der Waals surface area contributed by atoms with Crippen molar-refractivity contribution < 1.29 is 77.3 Å². The number of aromatic carboxylic acids is 1. The summed E-state index contributed by atoms with van der Waals surface area (Å²) in [7, 11) is 2.71. The number of aldehydes is 1. The third-order valence-electron chi connectivity index (χ3n) is 9.77. The minimum atomic E-state index is -1.57. The van der Waals surface area contributed by atoms with Gasteiger partial charge in [0.25, 0.3) is 0 Å². The second kappa shape index (κ2) is 18.8. The Bertz CT molecular complexity index is 2320. The molecule has 0 aliphatic heterocycles. The van der Waals surface area contributed by atoms with E-state index in [1.807, 2.05) is 0 Å². The monoisotopic (exact) mass is 884 g/mol. The maximum Gasteiger partial charge on any atom is 0.347 e. The molecule has 1 unspecified atom stereocenters. The number of allylic oxidation sites excluding steroid dienone is 4. The average Bonchev–Trinajstić information content (AvgIpc) is 3.17. The number of benzene rings is 3. The number of esters is 3. The first-order valence-electron chi connectivity index (χ1n) is 17.4. The smallest absolute Gasteiger partial charge is 0.347 e. The first-order valence-corrected chi connectivity index (χ1v) is 18.2. The quantitative estimate of drug-likeness (QED) is 0.0388. The van der Waals surface area contributed by atoms with E-state index in [1.54, 1.807) is 34.6 Å². The van der Waals surface area contributed by atoms with Crippen molar-refractivity contribution in [3.8, 4) is 28.7 Å². The Morgan fingerprint density at radius 2 is 1.19 bits per heavy atom. The summed E-state index contributed by atoms with van der Waals surface area (Å²) in [6, 6.07) is 0. The molecule has 15 nitrogen and oxygen atoms in total. The fraction of sp³-hybridized carbons (Fsp3) is 0.286. The molecule has 1 aliphatic carbocycles. The molecule has 4 N–H and O–H groups in total. The third kappa shape index (κ3) is 9.30. The molecule has 4 rings (SSSR count). The van der Waals surface area contributed by atoms with Gasteiger partial charge in [0.05, 0.1) is 25.5 Å². The first kappa shape index (κ1) is 46.9. The highest BCUT2D eigenvalue weighted by Crippen LogP contribution is 2.44. The Morgan fingerprint density at radius 1 is 0.695 bits per heavy atom. The van der Waals surface area contributed by atoms with Crippen LogP contribution < -0.4 is 14.2 Å². The van der Waals surface area contributed by atoms with Crippen LogP contribution in [0, 0.1) is 67.1 Å². The number of ketones is 1. The van der Waals surface area contributed by atoms with Gasteiger partial charge in [-0.15, -0.1) is 0 Å². The number of hydrogen-bond donors (Lipinski definition) is 4. The number of carbonyl (C=O) groups is 6. The van der Waals surface area contributed by atoms with Crippen LogP contribution in [-0.2, 0) is 23.9 Å². The zero-order valence-corrected chi connectivity index (χ0v) is 35.5. The molecule has 0 aromatic heterocycles. The SMILES string of the molecule is CO/C(C)=C/C=O.COC1=CC(O)=CC(=O)C1C(=O)Oc1c(C)c(C)c(C(=O)Oc2c(C)c(O)c(C(=O)Oc3c(C)c(C)c(C(=O)O)c(C)c3C)c(C)c2F)c(O)c1Br. The van der Waals surface area contributed by atoms with Gasteiger partial charge in [-0.2, -0.15) is 0 Å². The number of rotatable bonds is 10. The normalized spacial score (nSPS) is 13.6. The number of carboxylic acid groups (broad SMARTS) is 1. The lowest BCUT2D eigenvalue weighted by Crippen LogP contribution is -2.32. The Labute approximate surface area is 346 Å². The second-order valence-corrected chi connectivity index (χ2v) is 14.0. The molecular formula is C42H42BrFO15. The molecule has 0 bridgehead atoms. The average molecular weight is 886 g/mol. The Kier molecular flexibility index (Phi) is 15.0. The number of phenols is 2. The molecule has 0 amide bonds. The maximum atomic E-state index is 15.9. The van der Waals surface area contributed by atoms with Gasteiger partial charge in [-0.3, -0.25) is 14.4 Å². The van der Waals surface area contributed by atoms with Crippen molar-refractivity contribution in [1.82, 2.24) is 0 Å². The number of aromatic hydroxyl groups is 2. The van der Waals surface area contributed by atoms with E-state index in [9.17, 15) is 49.2 Å². The minimum Gasteiger partial charge on any atom is -0.508 e. The highest BCUT2D eigenvalue weighted by atomic mass is 79.9. The molecule has 0 saturated carbocycles. The summed E-state index contributed by atoms with van der Waals surface area (Å²) in [5.74, 6) is -10.8. The predicted molar refractivity (Wildman–Crippen MR) is 212 cm³/mol. The van der Waals surface area contributed by atoms with Crippen LogP contribution in [0.25, 0.3) is 0 Å². The maximum absolute atomic E-state index is 15.9. The van der Waals surface area contributed by atoms with Crippen molar-refractivity contribution in [3.63, 3.8) is 0 Å². The topological polar surface area (TPSA) is 229 Å². The van der Waals surface area contributed by atoms with Crippen LogP contribution in [0.3, 0.4) is 0 Å². The predicted octanol–water partition coefficient (Wildman–Crippen LogP) is 7.42. The number of methoxy groups -OCH3 is 2. The first-order chi connectivity index (χ1) is 27.5. The number of ether oxygens (including phenoxy) is 5. The summed E-state index contributed by atoms with van der Waals surface area (Å²) in [6.07, 6.45) is 3.94. The van der Waals surface area contributed by atoms with Crippen molar-refractivity contribution in [2.45, 2.75) is 62.3 Å². The highest BCUT2D eigenvalue weighted by Gasteiger charge is 2.37. The zero-order chi connectivity index (χ0) is 45.0. The lowest BCUT2D eigenvalue weighted by atomic mass is 9.93. The molecular weight excluding hydrogens is 843 g/mol. The van der Waals surface area contributed by atoms with Crippen LogP contribution in [0.4, 0.5) is 4.39 Å².